The van der Waals surface area contributed by atoms with E-state index in [0.29, 0.717) is 30.5 Å². The molecule has 1 aliphatic carbocycles. The molecule has 1 heterocycles. The molecule has 0 aromatic heterocycles. The van der Waals surface area contributed by atoms with Crippen molar-refractivity contribution in [2.75, 3.05) is 6.54 Å². The van der Waals surface area contributed by atoms with Crippen LogP contribution in [0.15, 0.2) is 0 Å². The third-order valence-corrected chi connectivity index (χ3v) is 4.83. The van der Waals surface area contributed by atoms with E-state index in [-0.39, 0.29) is 5.41 Å². The normalized spacial score (nSPS) is 41.8. The van der Waals surface area contributed by atoms with Crippen molar-refractivity contribution in [3.63, 3.8) is 0 Å². The molecular formula is C16H31NO2. The lowest BCUT2D eigenvalue weighted by molar-refractivity contribution is -0.183. The molecule has 1 saturated heterocycles. The molecule has 0 aromatic carbocycles. The second-order valence-corrected chi connectivity index (χ2v) is 7.04. The summed E-state index contributed by atoms with van der Waals surface area (Å²) in [6, 6.07) is 0.618. The number of ether oxygens (including phenoxy) is 2. The lowest BCUT2D eigenvalue weighted by Crippen LogP contribution is -2.62. The molecule has 0 spiro atoms. The highest BCUT2D eigenvalue weighted by Gasteiger charge is 2.49. The van der Waals surface area contributed by atoms with Gasteiger partial charge in [0.25, 0.3) is 0 Å². The van der Waals surface area contributed by atoms with Crippen molar-refractivity contribution in [2.24, 2.45) is 5.41 Å². The molecule has 4 unspecified atom stereocenters. The molecule has 1 aliphatic heterocycles. The topological polar surface area (TPSA) is 30.5 Å². The Kier molecular flexibility index (Phi) is 4.91. The number of rotatable bonds is 5. The molecular weight excluding hydrogens is 238 g/mol. The van der Waals surface area contributed by atoms with Crippen LogP contribution in [0.3, 0.4) is 0 Å². The van der Waals surface area contributed by atoms with Gasteiger partial charge >= 0.3 is 0 Å². The Bertz CT molecular complexity index is 282. The summed E-state index contributed by atoms with van der Waals surface area (Å²) < 4.78 is 12.2. The highest BCUT2D eigenvalue weighted by Crippen LogP contribution is 2.44. The summed E-state index contributed by atoms with van der Waals surface area (Å²) in [5.41, 5.74) is 0.264. The van der Waals surface area contributed by atoms with Gasteiger partial charge in [-0.1, -0.05) is 20.8 Å². The molecule has 1 N–H and O–H groups in total. The molecule has 0 amide bonds. The molecule has 2 aliphatic rings. The lowest BCUT2D eigenvalue weighted by Gasteiger charge is -2.53. The van der Waals surface area contributed by atoms with Crippen LogP contribution in [0, 0.1) is 5.41 Å². The van der Waals surface area contributed by atoms with E-state index in [9.17, 15) is 0 Å². The van der Waals surface area contributed by atoms with Crippen LogP contribution in [-0.2, 0) is 9.47 Å². The largest absolute Gasteiger partial charge is 0.375 e. The van der Waals surface area contributed by atoms with Crippen LogP contribution >= 0.6 is 0 Å². The maximum absolute atomic E-state index is 6.37. The molecule has 2 fully saturated rings. The van der Waals surface area contributed by atoms with Crippen molar-refractivity contribution < 1.29 is 9.47 Å². The fourth-order valence-electron chi connectivity index (χ4n) is 3.47. The second-order valence-electron chi connectivity index (χ2n) is 7.04. The number of nitrogens with one attached hydrogen (secondary N) is 1. The number of hydrogen-bond donors (Lipinski definition) is 1. The van der Waals surface area contributed by atoms with Crippen molar-refractivity contribution >= 4 is 0 Å². The molecule has 0 bridgehead atoms. The van der Waals surface area contributed by atoms with Crippen molar-refractivity contribution in [3.8, 4) is 0 Å². The Morgan fingerprint density at radius 1 is 1.16 bits per heavy atom. The van der Waals surface area contributed by atoms with E-state index in [0.717, 1.165) is 25.8 Å². The van der Waals surface area contributed by atoms with Crippen molar-refractivity contribution in [1.82, 2.24) is 5.32 Å². The third kappa shape index (κ3) is 3.50. The van der Waals surface area contributed by atoms with Crippen LogP contribution in [0.5, 0.6) is 0 Å². The van der Waals surface area contributed by atoms with Gasteiger partial charge in [0.2, 0.25) is 0 Å². The van der Waals surface area contributed by atoms with Gasteiger partial charge in [-0.3, -0.25) is 0 Å². The maximum atomic E-state index is 6.37. The van der Waals surface area contributed by atoms with Crippen molar-refractivity contribution in [1.29, 1.82) is 0 Å². The van der Waals surface area contributed by atoms with Gasteiger partial charge in [-0.2, -0.15) is 0 Å². The lowest BCUT2D eigenvalue weighted by atomic mass is 9.64. The first-order valence-corrected chi connectivity index (χ1v) is 7.97. The third-order valence-electron chi connectivity index (χ3n) is 4.83. The van der Waals surface area contributed by atoms with Gasteiger partial charge in [-0.25, -0.2) is 0 Å². The summed E-state index contributed by atoms with van der Waals surface area (Å²) in [5.74, 6) is 0. The molecule has 3 heteroatoms. The summed E-state index contributed by atoms with van der Waals surface area (Å²) in [7, 11) is 0. The molecule has 3 nitrogen and oxygen atoms in total. The van der Waals surface area contributed by atoms with Gasteiger partial charge in [0.1, 0.15) is 0 Å². The average Bonchev–Trinajstić information content (AvgIpc) is 2.31. The Morgan fingerprint density at radius 2 is 1.79 bits per heavy atom. The second kappa shape index (κ2) is 6.11. The van der Waals surface area contributed by atoms with E-state index in [1.807, 2.05) is 0 Å². The van der Waals surface area contributed by atoms with E-state index < -0.39 is 0 Å². The zero-order valence-electron chi connectivity index (χ0n) is 13.2. The van der Waals surface area contributed by atoms with Crippen LogP contribution in [0.4, 0.5) is 0 Å². The van der Waals surface area contributed by atoms with Crippen LogP contribution in [0.2, 0.25) is 0 Å². The molecule has 0 radical (unpaired) electrons. The highest BCUT2D eigenvalue weighted by molar-refractivity contribution is 5.03. The maximum Gasteiger partial charge on any atom is 0.0659 e. The van der Waals surface area contributed by atoms with Gasteiger partial charge in [0, 0.05) is 11.5 Å². The summed E-state index contributed by atoms with van der Waals surface area (Å²) in [4.78, 5) is 0. The standard InChI is InChI=1S/C16H31NO2/c1-6-7-17-14-10-15(16(14,4)5)19-13-8-11(2)18-12(3)9-13/h11-15,17H,6-10H2,1-5H3. The zero-order chi connectivity index (χ0) is 14.0. The Hall–Kier alpha value is -0.120. The molecule has 0 aromatic rings. The van der Waals surface area contributed by atoms with E-state index in [2.05, 4.69) is 39.9 Å². The number of hydrogen-bond acceptors (Lipinski definition) is 3. The first kappa shape index (κ1) is 15.3. The zero-order valence-corrected chi connectivity index (χ0v) is 13.2. The summed E-state index contributed by atoms with van der Waals surface area (Å²) in [5, 5.41) is 3.64. The smallest absolute Gasteiger partial charge is 0.0659 e. The first-order chi connectivity index (χ1) is 8.93. The molecule has 19 heavy (non-hydrogen) atoms. The Morgan fingerprint density at radius 3 is 2.32 bits per heavy atom. The fraction of sp³-hybridized carbons (Fsp3) is 1.00. The monoisotopic (exact) mass is 269 g/mol. The minimum atomic E-state index is 0.264. The predicted molar refractivity (Wildman–Crippen MR) is 78.4 cm³/mol. The fourth-order valence-corrected chi connectivity index (χ4v) is 3.47. The SMILES string of the molecule is CCCNC1CC(OC2CC(C)OC(C)C2)C1(C)C. The first-order valence-electron chi connectivity index (χ1n) is 7.97. The van der Waals surface area contributed by atoms with Crippen molar-refractivity contribution in [2.45, 2.75) is 90.8 Å². The van der Waals surface area contributed by atoms with E-state index >= 15 is 0 Å². The quantitative estimate of drug-likeness (QED) is 0.832. The van der Waals surface area contributed by atoms with Gasteiger partial charge in [0.15, 0.2) is 0 Å². The molecule has 112 valence electrons. The van der Waals surface area contributed by atoms with E-state index in [1.165, 1.54) is 6.42 Å². The Balaban J connectivity index is 1.81. The van der Waals surface area contributed by atoms with Gasteiger partial charge < -0.3 is 14.8 Å². The van der Waals surface area contributed by atoms with Crippen LogP contribution < -0.4 is 5.32 Å². The minimum absolute atomic E-state index is 0.264. The van der Waals surface area contributed by atoms with E-state index in [4.69, 9.17) is 9.47 Å². The summed E-state index contributed by atoms with van der Waals surface area (Å²) in [6.45, 7) is 12.3. The summed E-state index contributed by atoms with van der Waals surface area (Å²) in [6.07, 6.45) is 5.92. The minimum Gasteiger partial charge on any atom is -0.375 e. The average molecular weight is 269 g/mol. The van der Waals surface area contributed by atoms with Crippen LogP contribution in [-0.4, -0.2) is 37.0 Å². The van der Waals surface area contributed by atoms with Gasteiger partial charge in [-0.05, 0) is 46.1 Å². The molecule has 4 atom stereocenters. The van der Waals surface area contributed by atoms with Gasteiger partial charge in [-0.15, -0.1) is 0 Å². The van der Waals surface area contributed by atoms with E-state index in [1.54, 1.807) is 0 Å². The Labute approximate surface area is 118 Å². The van der Waals surface area contributed by atoms with Gasteiger partial charge in [0.05, 0.1) is 24.4 Å². The van der Waals surface area contributed by atoms with Crippen molar-refractivity contribution in [3.05, 3.63) is 0 Å². The summed E-state index contributed by atoms with van der Waals surface area (Å²) >= 11 is 0. The molecule has 1 saturated carbocycles. The predicted octanol–water partition coefficient (Wildman–Crippen LogP) is 3.13. The van der Waals surface area contributed by atoms with Crippen LogP contribution in [0.1, 0.15) is 60.3 Å². The highest BCUT2D eigenvalue weighted by atomic mass is 16.5. The molecule has 2 rings (SSSR count). The van der Waals surface area contributed by atoms with Crippen LogP contribution in [0.25, 0.3) is 0 Å².